The third kappa shape index (κ3) is 7.83. The molecule has 0 radical (unpaired) electrons. The molecule has 50 heavy (non-hydrogen) atoms. The topological polar surface area (TPSA) is 154 Å². The minimum Gasteiger partial charge on any atom is -0.497 e. The molecule has 6 aromatic rings. The number of H-pyrrole nitrogens is 1. The van der Waals surface area contributed by atoms with E-state index in [1.807, 2.05) is 30.5 Å². The molecule has 0 fully saturated rings. The summed E-state index contributed by atoms with van der Waals surface area (Å²) in [6, 6.07) is 24.1. The SMILES string of the molecule is COc1ccc(CC(=O)Nc2ccc(C(O)N(CC(=O)O)Cc3ccc(-c4noc(-c5ccc6[nH]ccc6c5)n4)cc3)cc2)c(C(F)(F)F)c1. The predicted molar refractivity (Wildman–Crippen MR) is 177 cm³/mol. The van der Waals surface area contributed by atoms with Gasteiger partial charge in [-0.3, -0.25) is 14.5 Å². The number of nitrogens with one attached hydrogen (secondary N) is 2. The van der Waals surface area contributed by atoms with Gasteiger partial charge in [0.1, 0.15) is 12.0 Å². The van der Waals surface area contributed by atoms with Crippen molar-refractivity contribution >= 4 is 28.5 Å². The van der Waals surface area contributed by atoms with Crippen LogP contribution in [-0.4, -0.2) is 55.8 Å². The second-order valence-corrected chi connectivity index (χ2v) is 11.4. The number of hydrogen-bond donors (Lipinski definition) is 4. The van der Waals surface area contributed by atoms with Crippen LogP contribution in [0.5, 0.6) is 5.75 Å². The van der Waals surface area contributed by atoms with Gasteiger partial charge in [0.05, 0.1) is 25.6 Å². The summed E-state index contributed by atoms with van der Waals surface area (Å²) < 4.78 is 51.0. The lowest BCUT2D eigenvalue weighted by molar-refractivity contribution is -0.142. The summed E-state index contributed by atoms with van der Waals surface area (Å²) in [5.74, 6) is -1.08. The van der Waals surface area contributed by atoms with Gasteiger partial charge < -0.3 is 29.8 Å². The van der Waals surface area contributed by atoms with E-state index in [0.29, 0.717) is 28.4 Å². The number of amides is 1. The first-order valence-corrected chi connectivity index (χ1v) is 15.2. The summed E-state index contributed by atoms with van der Waals surface area (Å²) in [5, 5.41) is 28.3. The summed E-state index contributed by atoms with van der Waals surface area (Å²) in [6.07, 6.45) is -4.70. The van der Waals surface area contributed by atoms with Gasteiger partial charge in [0.25, 0.3) is 5.89 Å². The number of carboxylic acids is 1. The first kappa shape index (κ1) is 33.9. The smallest absolute Gasteiger partial charge is 0.416 e. The zero-order valence-corrected chi connectivity index (χ0v) is 26.4. The first-order chi connectivity index (χ1) is 24.0. The highest BCUT2D eigenvalue weighted by atomic mass is 19.4. The van der Waals surface area contributed by atoms with Crippen LogP contribution in [0, 0.1) is 0 Å². The first-order valence-electron chi connectivity index (χ1n) is 15.2. The number of anilines is 1. The number of aliphatic hydroxyl groups excluding tert-OH is 1. The Balaban J connectivity index is 1.10. The summed E-state index contributed by atoms with van der Waals surface area (Å²) in [4.78, 5) is 33.3. The highest BCUT2D eigenvalue weighted by molar-refractivity contribution is 5.92. The summed E-state index contributed by atoms with van der Waals surface area (Å²) in [7, 11) is 1.25. The van der Waals surface area contributed by atoms with Crippen molar-refractivity contribution in [3.05, 3.63) is 119 Å². The van der Waals surface area contributed by atoms with Crippen LogP contribution >= 0.6 is 0 Å². The van der Waals surface area contributed by atoms with Crippen molar-refractivity contribution in [2.75, 3.05) is 19.0 Å². The number of nitrogens with zero attached hydrogens (tertiary/aromatic N) is 3. The Bertz CT molecular complexity index is 2130. The molecule has 2 aromatic heterocycles. The molecule has 4 aromatic carbocycles. The fourth-order valence-corrected chi connectivity index (χ4v) is 5.47. The van der Waals surface area contributed by atoms with Crippen LogP contribution < -0.4 is 10.1 Å². The molecule has 14 heteroatoms. The average molecular weight is 686 g/mol. The molecule has 0 aliphatic rings. The number of aromatic nitrogens is 3. The lowest BCUT2D eigenvalue weighted by atomic mass is 10.0. The number of rotatable bonds is 12. The molecular weight excluding hydrogens is 655 g/mol. The molecule has 4 N–H and O–H groups in total. The summed E-state index contributed by atoms with van der Waals surface area (Å²) in [5.41, 5.74) is 2.58. The van der Waals surface area contributed by atoms with Crippen LogP contribution in [0.1, 0.15) is 28.5 Å². The number of ether oxygens (including phenoxy) is 1. The van der Waals surface area contributed by atoms with E-state index >= 15 is 0 Å². The van der Waals surface area contributed by atoms with Crippen molar-refractivity contribution in [3.63, 3.8) is 0 Å². The number of methoxy groups -OCH3 is 1. The molecular formula is C36H30F3N5O6. The normalized spacial score (nSPS) is 12.3. The number of benzene rings is 4. The van der Waals surface area contributed by atoms with Gasteiger partial charge in [0, 0.05) is 40.5 Å². The van der Waals surface area contributed by atoms with Crippen molar-refractivity contribution in [1.82, 2.24) is 20.0 Å². The molecule has 1 unspecified atom stereocenters. The number of hydrogen-bond acceptors (Lipinski definition) is 8. The van der Waals surface area contributed by atoms with Gasteiger partial charge in [0.2, 0.25) is 11.7 Å². The van der Waals surface area contributed by atoms with Crippen molar-refractivity contribution in [2.45, 2.75) is 25.4 Å². The Morgan fingerprint density at radius 3 is 2.42 bits per heavy atom. The molecule has 0 saturated carbocycles. The van der Waals surface area contributed by atoms with Gasteiger partial charge in [0.15, 0.2) is 0 Å². The average Bonchev–Trinajstić information content (AvgIpc) is 3.78. The number of aliphatic carboxylic acids is 1. The molecule has 6 rings (SSSR count). The number of carbonyl (C=O) groups is 2. The third-order valence-corrected chi connectivity index (χ3v) is 7.97. The van der Waals surface area contributed by atoms with Gasteiger partial charge >= 0.3 is 12.1 Å². The van der Waals surface area contributed by atoms with E-state index in [1.165, 1.54) is 48.4 Å². The van der Waals surface area contributed by atoms with Crippen LogP contribution in [0.3, 0.4) is 0 Å². The molecule has 11 nitrogen and oxygen atoms in total. The van der Waals surface area contributed by atoms with Crippen molar-refractivity contribution in [1.29, 1.82) is 0 Å². The maximum Gasteiger partial charge on any atom is 0.416 e. The lowest BCUT2D eigenvalue weighted by Gasteiger charge is -2.27. The number of aliphatic hydroxyl groups is 1. The molecule has 0 saturated heterocycles. The Morgan fingerprint density at radius 2 is 1.72 bits per heavy atom. The van der Waals surface area contributed by atoms with Gasteiger partial charge in [-0.1, -0.05) is 47.6 Å². The summed E-state index contributed by atoms with van der Waals surface area (Å²) in [6.45, 7) is -0.408. The molecule has 1 atom stereocenters. The highest BCUT2D eigenvalue weighted by Crippen LogP contribution is 2.35. The molecule has 2 heterocycles. The minimum absolute atomic E-state index is 0.0184. The molecule has 0 aliphatic heterocycles. The Labute approximate surface area is 282 Å². The predicted octanol–water partition coefficient (Wildman–Crippen LogP) is 6.67. The number of alkyl halides is 3. The number of carboxylic acid groups (broad SMARTS) is 1. The number of aromatic amines is 1. The molecule has 256 valence electrons. The van der Waals surface area contributed by atoms with E-state index in [-0.39, 0.29) is 23.5 Å². The van der Waals surface area contributed by atoms with Crippen LogP contribution in [0.25, 0.3) is 33.7 Å². The number of fused-ring (bicyclic) bond motifs is 1. The van der Waals surface area contributed by atoms with E-state index in [0.717, 1.165) is 22.5 Å². The van der Waals surface area contributed by atoms with E-state index in [4.69, 9.17) is 9.26 Å². The number of carbonyl (C=O) groups excluding carboxylic acids is 1. The Hall–Kier alpha value is -5.99. The van der Waals surface area contributed by atoms with Crippen LogP contribution in [0.4, 0.5) is 18.9 Å². The standard InChI is InChI=1S/C36H30F3N5O6/c1-49-28-12-8-24(29(18-28)36(37,38)39)17-31(45)41-27-10-6-23(7-11-27)35(48)44(20-32(46)47)19-21-2-4-22(5-3-21)33-42-34(50-43-33)26-9-13-30-25(16-26)14-15-40-30/h2-16,18,35,40,48H,17,19-20H2,1H3,(H,41,45)(H,46,47). The van der Waals surface area contributed by atoms with Gasteiger partial charge in [-0.25, -0.2) is 0 Å². The quantitative estimate of drug-likeness (QED) is 0.103. The highest BCUT2D eigenvalue weighted by Gasteiger charge is 2.34. The third-order valence-electron chi connectivity index (χ3n) is 7.97. The second kappa shape index (κ2) is 14.2. The van der Waals surface area contributed by atoms with Crippen molar-refractivity contribution < 1.29 is 42.2 Å². The van der Waals surface area contributed by atoms with Crippen LogP contribution in [-0.2, 0) is 28.7 Å². The molecule has 0 aliphatic carbocycles. The molecule has 0 bridgehead atoms. The Morgan fingerprint density at radius 1 is 0.980 bits per heavy atom. The minimum atomic E-state index is -4.68. The van der Waals surface area contributed by atoms with Crippen molar-refractivity contribution in [3.8, 4) is 28.6 Å². The number of halogens is 3. The van der Waals surface area contributed by atoms with E-state index in [9.17, 15) is 33.0 Å². The van der Waals surface area contributed by atoms with E-state index in [2.05, 4.69) is 20.4 Å². The van der Waals surface area contributed by atoms with Crippen LogP contribution in [0.15, 0.2) is 102 Å². The van der Waals surface area contributed by atoms with Gasteiger partial charge in [-0.05, 0) is 65.2 Å². The van der Waals surface area contributed by atoms with E-state index < -0.39 is 42.8 Å². The van der Waals surface area contributed by atoms with Gasteiger partial charge in [-0.2, -0.15) is 18.2 Å². The monoisotopic (exact) mass is 685 g/mol. The molecule has 1 amide bonds. The van der Waals surface area contributed by atoms with Crippen LogP contribution in [0.2, 0.25) is 0 Å². The maximum atomic E-state index is 13.6. The largest absolute Gasteiger partial charge is 0.497 e. The van der Waals surface area contributed by atoms with Gasteiger partial charge in [-0.15, -0.1) is 0 Å². The van der Waals surface area contributed by atoms with E-state index in [1.54, 1.807) is 24.3 Å². The zero-order chi connectivity index (χ0) is 35.4. The van der Waals surface area contributed by atoms with Crippen molar-refractivity contribution in [2.24, 2.45) is 0 Å². The maximum absolute atomic E-state index is 13.6. The molecule has 0 spiro atoms. The zero-order valence-electron chi connectivity index (χ0n) is 26.4. The second-order valence-electron chi connectivity index (χ2n) is 11.4. The lowest BCUT2D eigenvalue weighted by Crippen LogP contribution is -2.33. The summed E-state index contributed by atoms with van der Waals surface area (Å²) >= 11 is 0. The fourth-order valence-electron chi connectivity index (χ4n) is 5.47. The Kier molecular flexibility index (Phi) is 9.65. The fraction of sp³-hybridized carbons (Fsp3) is 0.167.